The third kappa shape index (κ3) is 2.43. The summed E-state index contributed by atoms with van der Waals surface area (Å²) in [5.41, 5.74) is 0.727. The van der Waals surface area contributed by atoms with Crippen LogP contribution < -0.4 is 5.56 Å². The second-order valence-electron chi connectivity index (χ2n) is 4.31. The molecule has 0 atom stereocenters. The van der Waals surface area contributed by atoms with Crippen LogP contribution in [0.5, 0.6) is 0 Å². The minimum absolute atomic E-state index is 0.00689. The molecule has 1 heterocycles. The summed E-state index contributed by atoms with van der Waals surface area (Å²) in [5.74, 6) is -0.488. The Bertz CT molecular complexity index is 809. The molecular weight excluding hydrogens is 257 g/mol. The lowest BCUT2D eigenvalue weighted by atomic mass is 10.1. The van der Waals surface area contributed by atoms with Crippen molar-refractivity contribution in [3.05, 3.63) is 68.9 Å². The van der Waals surface area contributed by atoms with E-state index < -0.39 is 11.4 Å². The topological polar surface area (TPSA) is 69.6 Å². The molecule has 0 saturated heterocycles. The van der Waals surface area contributed by atoms with Crippen molar-refractivity contribution in [3.63, 3.8) is 0 Å². The van der Waals surface area contributed by atoms with Crippen LogP contribution in [0.25, 0.3) is 0 Å². The van der Waals surface area contributed by atoms with E-state index in [1.54, 1.807) is 19.1 Å². The number of benzene rings is 1. The number of nitrogens with zero attached hydrogens (tertiary/aromatic N) is 3. The highest BCUT2D eigenvalue weighted by Gasteiger charge is 2.10. The molecular formula is C15H10FN3O. The first-order valence-corrected chi connectivity index (χ1v) is 5.86. The largest absolute Gasteiger partial charge is 0.307 e. The van der Waals surface area contributed by atoms with Crippen LogP contribution in [0, 0.1) is 35.4 Å². The van der Waals surface area contributed by atoms with Gasteiger partial charge < -0.3 is 4.57 Å². The van der Waals surface area contributed by atoms with Crippen molar-refractivity contribution in [3.8, 4) is 12.1 Å². The van der Waals surface area contributed by atoms with Gasteiger partial charge in [0.1, 0.15) is 17.4 Å². The molecule has 1 aromatic carbocycles. The number of aryl methyl sites for hydroxylation is 1. The first-order chi connectivity index (χ1) is 9.56. The number of halogens is 1. The van der Waals surface area contributed by atoms with Gasteiger partial charge >= 0.3 is 0 Å². The van der Waals surface area contributed by atoms with Gasteiger partial charge in [-0.3, -0.25) is 4.79 Å². The number of rotatable bonds is 2. The number of aromatic nitrogens is 1. The smallest absolute Gasteiger partial charge is 0.268 e. The lowest BCUT2D eigenvalue weighted by Gasteiger charge is -2.11. The maximum Gasteiger partial charge on any atom is 0.268 e. The normalized spacial score (nSPS) is 9.80. The predicted octanol–water partition coefficient (Wildman–Crippen LogP) is 2.09. The Kier molecular flexibility index (Phi) is 3.63. The summed E-state index contributed by atoms with van der Waals surface area (Å²) in [6.07, 6.45) is 0. The van der Waals surface area contributed by atoms with Gasteiger partial charge in [-0.2, -0.15) is 10.5 Å². The Balaban J connectivity index is 2.54. The van der Waals surface area contributed by atoms with Crippen LogP contribution in [0.3, 0.4) is 0 Å². The van der Waals surface area contributed by atoms with Gasteiger partial charge in [-0.25, -0.2) is 4.39 Å². The molecule has 0 N–H and O–H groups in total. The molecule has 0 fully saturated rings. The fourth-order valence-electron chi connectivity index (χ4n) is 1.89. The van der Waals surface area contributed by atoms with E-state index in [0.29, 0.717) is 11.3 Å². The Hall–Kier alpha value is -2.92. The lowest BCUT2D eigenvalue weighted by molar-refractivity contribution is 0.592. The van der Waals surface area contributed by atoms with Crippen LogP contribution in [0.4, 0.5) is 4.39 Å². The van der Waals surface area contributed by atoms with Crippen molar-refractivity contribution in [2.24, 2.45) is 0 Å². The summed E-state index contributed by atoms with van der Waals surface area (Å²) >= 11 is 0. The van der Waals surface area contributed by atoms with Gasteiger partial charge in [0.15, 0.2) is 0 Å². The average Bonchev–Trinajstić information content (AvgIpc) is 2.45. The number of hydrogen-bond donors (Lipinski definition) is 0. The van der Waals surface area contributed by atoms with Gasteiger partial charge in [0.25, 0.3) is 5.56 Å². The van der Waals surface area contributed by atoms with E-state index in [9.17, 15) is 9.18 Å². The van der Waals surface area contributed by atoms with E-state index in [4.69, 9.17) is 10.5 Å². The standard InChI is InChI=1S/C15H10FN3O/c1-10-2-4-12(8-18)15(20)19(10)9-13-6-11(7-17)3-5-14(13)16/h2-6H,9H2,1H3. The van der Waals surface area contributed by atoms with Crippen molar-refractivity contribution >= 4 is 0 Å². The maximum absolute atomic E-state index is 13.7. The summed E-state index contributed by atoms with van der Waals surface area (Å²) in [7, 11) is 0. The second kappa shape index (κ2) is 5.38. The molecule has 0 saturated carbocycles. The molecule has 98 valence electrons. The zero-order chi connectivity index (χ0) is 14.7. The van der Waals surface area contributed by atoms with Crippen molar-refractivity contribution in [2.45, 2.75) is 13.5 Å². The fraction of sp³-hybridized carbons (Fsp3) is 0.133. The van der Waals surface area contributed by atoms with E-state index in [1.807, 2.05) is 6.07 Å². The van der Waals surface area contributed by atoms with Crippen LogP contribution in [0.2, 0.25) is 0 Å². The molecule has 0 aliphatic heterocycles. The van der Waals surface area contributed by atoms with E-state index >= 15 is 0 Å². The molecule has 4 nitrogen and oxygen atoms in total. The van der Waals surface area contributed by atoms with Gasteiger partial charge in [-0.15, -0.1) is 0 Å². The van der Waals surface area contributed by atoms with Crippen molar-refractivity contribution in [1.82, 2.24) is 4.57 Å². The molecule has 5 heteroatoms. The molecule has 0 bridgehead atoms. The molecule has 0 spiro atoms. The lowest BCUT2D eigenvalue weighted by Crippen LogP contribution is -2.25. The predicted molar refractivity (Wildman–Crippen MR) is 70.4 cm³/mol. The van der Waals surface area contributed by atoms with Gasteiger partial charge in [0.05, 0.1) is 18.2 Å². The van der Waals surface area contributed by atoms with E-state index in [2.05, 4.69) is 0 Å². The van der Waals surface area contributed by atoms with Gasteiger partial charge in [0, 0.05) is 11.3 Å². The van der Waals surface area contributed by atoms with E-state index in [0.717, 1.165) is 0 Å². The van der Waals surface area contributed by atoms with Crippen LogP contribution in [0.1, 0.15) is 22.4 Å². The van der Waals surface area contributed by atoms with Gasteiger partial charge in [-0.05, 0) is 37.3 Å². The first kappa shape index (κ1) is 13.5. The molecule has 1 aromatic heterocycles. The Morgan fingerprint density at radius 2 is 1.95 bits per heavy atom. The molecule has 0 amide bonds. The van der Waals surface area contributed by atoms with Crippen molar-refractivity contribution in [2.75, 3.05) is 0 Å². The van der Waals surface area contributed by atoms with E-state index in [-0.39, 0.29) is 17.7 Å². The van der Waals surface area contributed by atoms with Gasteiger partial charge in [-0.1, -0.05) is 0 Å². The molecule has 2 aromatic rings. The Labute approximate surface area is 114 Å². The second-order valence-corrected chi connectivity index (χ2v) is 4.31. The molecule has 2 rings (SSSR count). The third-order valence-electron chi connectivity index (χ3n) is 3.02. The third-order valence-corrected chi connectivity index (χ3v) is 3.02. The van der Waals surface area contributed by atoms with E-state index in [1.165, 1.54) is 28.8 Å². The molecule has 0 aliphatic rings. The Morgan fingerprint density at radius 3 is 2.60 bits per heavy atom. The number of pyridine rings is 1. The number of nitriles is 2. The highest BCUT2D eigenvalue weighted by atomic mass is 19.1. The molecule has 0 aliphatic carbocycles. The molecule has 20 heavy (non-hydrogen) atoms. The highest BCUT2D eigenvalue weighted by Crippen LogP contribution is 2.12. The van der Waals surface area contributed by atoms with Crippen LogP contribution in [-0.2, 0) is 6.54 Å². The molecule has 0 unspecified atom stereocenters. The summed E-state index contributed by atoms with van der Waals surface area (Å²) < 4.78 is 15.1. The highest BCUT2D eigenvalue weighted by molar-refractivity contribution is 5.34. The van der Waals surface area contributed by atoms with Crippen molar-refractivity contribution in [1.29, 1.82) is 10.5 Å². The summed E-state index contributed by atoms with van der Waals surface area (Å²) in [4.78, 5) is 12.0. The quantitative estimate of drug-likeness (QED) is 0.836. The van der Waals surface area contributed by atoms with Crippen molar-refractivity contribution < 1.29 is 4.39 Å². The van der Waals surface area contributed by atoms with Crippen LogP contribution >= 0.6 is 0 Å². The van der Waals surface area contributed by atoms with Crippen LogP contribution in [0.15, 0.2) is 35.1 Å². The molecule has 0 radical (unpaired) electrons. The zero-order valence-electron chi connectivity index (χ0n) is 10.7. The maximum atomic E-state index is 13.7. The zero-order valence-corrected chi connectivity index (χ0v) is 10.7. The summed E-state index contributed by atoms with van der Waals surface area (Å²) in [5, 5.41) is 17.7. The first-order valence-electron chi connectivity index (χ1n) is 5.86. The average molecular weight is 267 g/mol. The SMILES string of the molecule is Cc1ccc(C#N)c(=O)n1Cc1cc(C#N)ccc1F. The Morgan fingerprint density at radius 1 is 1.20 bits per heavy atom. The van der Waals surface area contributed by atoms with Crippen LogP contribution in [-0.4, -0.2) is 4.57 Å². The van der Waals surface area contributed by atoms with Gasteiger partial charge in [0.2, 0.25) is 0 Å². The summed E-state index contributed by atoms with van der Waals surface area (Å²) in [6, 6.07) is 10.8. The fourth-order valence-corrected chi connectivity index (χ4v) is 1.89. The minimum atomic E-state index is -0.488. The summed E-state index contributed by atoms with van der Waals surface area (Å²) in [6.45, 7) is 1.69. The minimum Gasteiger partial charge on any atom is -0.307 e. The number of hydrogen-bond acceptors (Lipinski definition) is 3. The monoisotopic (exact) mass is 267 g/mol.